The van der Waals surface area contributed by atoms with E-state index in [-0.39, 0.29) is 30.2 Å². The lowest BCUT2D eigenvalue weighted by Crippen LogP contribution is -2.13. The summed E-state index contributed by atoms with van der Waals surface area (Å²) < 4.78 is 5.86. The third kappa shape index (κ3) is 6.10. The molecular weight excluding hydrogens is 441 g/mol. The molecule has 1 aliphatic rings. The summed E-state index contributed by atoms with van der Waals surface area (Å²) in [7, 11) is 4.09. The highest BCUT2D eigenvalue weighted by molar-refractivity contribution is 5.85. The zero-order chi connectivity index (χ0) is 20.9. The molecule has 0 spiro atoms. The van der Waals surface area contributed by atoms with Gasteiger partial charge in [0.2, 0.25) is 0 Å². The minimum atomic E-state index is 0. The van der Waals surface area contributed by atoms with Crippen LogP contribution in [0.5, 0.6) is 0 Å². The van der Waals surface area contributed by atoms with E-state index in [4.69, 9.17) is 4.42 Å². The molecule has 5 rings (SSSR count). The van der Waals surface area contributed by atoms with Gasteiger partial charge in [0.15, 0.2) is 5.43 Å². The van der Waals surface area contributed by atoms with Gasteiger partial charge in [-0.15, -0.1) is 24.8 Å². The van der Waals surface area contributed by atoms with Gasteiger partial charge in [0.05, 0.1) is 5.39 Å². The van der Waals surface area contributed by atoms with Crippen molar-refractivity contribution in [2.75, 3.05) is 20.6 Å². The average molecular weight is 468 g/mol. The van der Waals surface area contributed by atoms with Crippen molar-refractivity contribution in [3.05, 3.63) is 113 Å². The minimum absolute atomic E-state index is 0. The summed E-state index contributed by atoms with van der Waals surface area (Å²) in [5.41, 5.74) is 3.01. The van der Waals surface area contributed by atoms with E-state index in [0.29, 0.717) is 16.7 Å². The highest BCUT2D eigenvalue weighted by atomic mass is 35.5. The Balaban J connectivity index is 0.000000257. The molecule has 0 saturated carbocycles. The van der Waals surface area contributed by atoms with Gasteiger partial charge < -0.3 is 9.32 Å². The molecule has 0 fully saturated rings. The molecule has 1 heterocycles. The van der Waals surface area contributed by atoms with Gasteiger partial charge in [-0.05, 0) is 54.6 Å². The Morgan fingerprint density at radius 2 is 1.41 bits per heavy atom. The first-order chi connectivity index (χ1) is 14.6. The van der Waals surface area contributed by atoms with E-state index in [0.717, 1.165) is 18.5 Å². The molecule has 0 atom stereocenters. The molecule has 32 heavy (non-hydrogen) atoms. The molecular formula is C27H27Cl2NO2. The van der Waals surface area contributed by atoms with Crippen molar-refractivity contribution >= 4 is 52.1 Å². The number of nitrogens with zero attached hydrogens (tertiary/aromatic N) is 1. The van der Waals surface area contributed by atoms with Crippen LogP contribution < -0.4 is 5.43 Å². The standard InChI is InChI=1S/C17H17NO2.C10H8.2ClH/c1-18(2)11-12-7-8-13(9-12)17-10-15(19)14-5-3-4-6-16(14)20-17;1-2-6-10-8-4-3-7-9(10)5-1;;/h3-7,9-10H,8,11H2,1-2H3;1-8H;2*1H. The first-order valence-electron chi connectivity index (χ1n) is 10.1. The summed E-state index contributed by atoms with van der Waals surface area (Å²) in [6.45, 7) is 0.904. The number of likely N-dealkylation sites (N-methyl/N-ethyl adjacent to an activating group) is 1. The Kier molecular flexibility index (Phi) is 9.27. The number of hydrogen-bond donors (Lipinski definition) is 0. The van der Waals surface area contributed by atoms with Gasteiger partial charge >= 0.3 is 0 Å². The second kappa shape index (κ2) is 11.7. The van der Waals surface area contributed by atoms with Crippen molar-refractivity contribution in [3.8, 4) is 0 Å². The fourth-order valence-corrected chi connectivity index (χ4v) is 3.62. The maximum Gasteiger partial charge on any atom is 0.193 e. The van der Waals surface area contributed by atoms with Crippen LogP contribution in [0.15, 0.2) is 106 Å². The van der Waals surface area contributed by atoms with Crippen LogP contribution in [-0.2, 0) is 0 Å². The van der Waals surface area contributed by atoms with Crippen molar-refractivity contribution < 1.29 is 4.42 Å². The number of rotatable bonds is 3. The number of benzene rings is 3. The molecule has 1 aliphatic carbocycles. The van der Waals surface area contributed by atoms with Crippen molar-refractivity contribution in [2.24, 2.45) is 0 Å². The molecule has 0 saturated heterocycles. The Bertz CT molecular complexity index is 1240. The monoisotopic (exact) mass is 467 g/mol. The van der Waals surface area contributed by atoms with Crippen LogP contribution in [0.2, 0.25) is 0 Å². The van der Waals surface area contributed by atoms with E-state index in [2.05, 4.69) is 65.6 Å². The second-order valence-electron chi connectivity index (χ2n) is 7.71. The Morgan fingerprint density at radius 1 is 0.844 bits per heavy atom. The number of para-hydroxylation sites is 1. The van der Waals surface area contributed by atoms with Crippen LogP contribution in [0, 0.1) is 0 Å². The van der Waals surface area contributed by atoms with E-state index < -0.39 is 0 Å². The van der Waals surface area contributed by atoms with Gasteiger partial charge in [-0.2, -0.15) is 0 Å². The second-order valence-corrected chi connectivity index (χ2v) is 7.71. The van der Waals surface area contributed by atoms with Crippen LogP contribution in [0.3, 0.4) is 0 Å². The van der Waals surface area contributed by atoms with E-state index in [1.54, 1.807) is 12.1 Å². The quantitative estimate of drug-likeness (QED) is 0.334. The lowest BCUT2D eigenvalue weighted by Gasteiger charge is -2.08. The van der Waals surface area contributed by atoms with Gasteiger partial charge in [-0.3, -0.25) is 4.79 Å². The van der Waals surface area contributed by atoms with Crippen LogP contribution in [-0.4, -0.2) is 25.5 Å². The van der Waals surface area contributed by atoms with Crippen LogP contribution in [0.1, 0.15) is 12.2 Å². The van der Waals surface area contributed by atoms with Gasteiger partial charge in [-0.25, -0.2) is 0 Å². The van der Waals surface area contributed by atoms with Crippen molar-refractivity contribution in [1.29, 1.82) is 0 Å². The predicted molar refractivity (Wildman–Crippen MR) is 140 cm³/mol. The minimum Gasteiger partial charge on any atom is -0.456 e. The Hall–Kier alpha value is -2.85. The first-order valence-corrected chi connectivity index (χ1v) is 10.1. The molecule has 0 bridgehead atoms. The van der Waals surface area contributed by atoms with Crippen LogP contribution in [0.25, 0.3) is 27.3 Å². The van der Waals surface area contributed by atoms with E-state index in [1.165, 1.54) is 16.3 Å². The summed E-state index contributed by atoms with van der Waals surface area (Å²) in [5.74, 6) is 0.679. The predicted octanol–water partition coefficient (Wildman–Crippen LogP) is 6.75. The normalized spacial score (nSPS) is 12.3. The van der Waals surface area contributed by atoms with Gasteiger partial charge in [0.25, 0.3) is 0 Å². The van der Waals surface area contributed by atoms with Crippen molar-refractivity contribution in [2.45, 2.75) is 6.42 Å². The smallest absolute Gasteiger partial charge is 0.193 e. The molecule has 0 N–H and O–H groups in total. The Morgan fingerprint density at radius 3 is 2.00 bits per heavy atom. The lowest BCUT2D eigenvalue weighted by atomic mass is 10.1. The van der Waals surface area contributed by atoms with Gasteiger partial charge in [0.1, 0.15) is 11.3 Å². The van der Waals surface area contributed by atoms with Crippen molar-refractivity contribution in [3.63, 3.8) is 0 Å². The summed E-state index contributed by atoms with van der Waals surface area (Å²) in [4.78, 5) is 14.2. The maximum atomic E-state index is 12.1. The van der Waals surface area contributed by atoms with Gasteiger partial charge in [0, 0.05) is 12.6 Å². The zero-order valence-electron chi connectivity index (χ0n) is 18.2. The topological polar surface area (TPSA) is 33.5 Å². The van der Waals surface area contributed by atoms with Crippen LogP contribution in [0.4, 0.5) is 0 Å². The number of allylic oxidation sites excluding steroid dienone is 2. The number of halogens is 2. The molecule has 1 aromatic heterocycles. The molecule has 0 aliphatic heterocycles. The molecule has 3 aromatic carbocycles. The molecule has 5 heteroatoms. The molecule has 0 amide bonds. The maximum absolute atomic E-state index is 12.1. The summed E-state index contributed by atoms with van der Waals surface area (Å²) >= 11 is 0. The SMILES string of the molecule is CN(C)CC1=CCC(c2cc(=O)c3ccccc3o2)=C1.Cl.Cl.c1ccc2ccccc2c1. The first kappa shape index (κ1) is 25.4. The third-order valence-electron chi connectivity index (χ3n) is 5.05. The zero-order valence-corrected chi connectivity index (χ0v) is 19.8. The summed E-state index contributed by atoms with van der Waals surface area (Å²) in [6.07, 6.45) is 5.13. The van der Waals surface area contributed by atoms with Gasteiger partial charge in [-0.1, -0.05) is 72.8 Å². The fraction of sp³-hybridized carbons (Fsp3) is 0.148. The fourth-order valence-electron chi connectivity index (χ4n) is 3.62. The molecule has 0 radical (unpaired) electrons. The lowest BCUT2D eigenvalue weighted by molar-refractivity contribution is 0.449. The highest BCUT2D eigenvalue weighted by Crippen LogP contribution is 2.28. The molecule has 4 aromatic rings. The molecule has 3 nitrogen and oxygen atoms in total. The number of fused-ring (bicyclic) bond motifs is 2. The molecule has 166 valence electrons. The van der Waals surface area contributed by atoms with Crippen LogP contribution >= 0.6 is 24.8 Å². The van der Waals surface area contributed by atoms with E-state index in [1.807, 2.05) is 32.3 Å². The van der Waals surface area contributed by atoms with Crippen molar-refractivity contribution in [1.82, 2.24) is 4.90 Å². The van der Waals surface area contributed by atoms with E-state index in [9.17, 15) is 4.79 Å². The highest BCUT2D eigenvalue weighted by Gasteiger charge is 2.13. The summed E-state index contributed by atoms with van der Waals surface area (Å²) in [5, 5.41) is 3.26. The largest absolute Gasteiger partial charge is 0.456 e. The molecule has 0 unspecified atom stereocenters. The Labute approximate surface area is 200 Å². The van der Waals surface area contributed by atoms with E-state index >= 15 is 0 Å². The third-order valence-corrected chi connectivity index (χ3v) is 5.05. The summed E-state index contributed by atoms with van der Waals surface area (Å²) in [6, 6.07) is 25.7. The number of hydrogen-bond acceptors (Lipinski definition) is 3. The average Bonchev–Trinajstić information content (AvgIpc) is 3.22.